The number of hydrogen-bond donors (Lipinski definition) is 3. The number of hydrogen-bond acceptors (Lipinski definition) is 4. The highest BCUT2D eigenvalue weighted by Crippen LogP contribution is 2.32. The molecule has 0 aliphatic heterocycles. The van der Waals surface area contributed by atoms with Gasteiger partial charge in [0.05, 0.1) is 6.42 Å². The van der Waals surface area contributed by atoms with Crippen molar-refractivity contribution < 1.29 is 14.3 Å². The van der Waals surface area contributed by atoms with E-state index in [1.165, 1.54) is 12.1 Å². The lowest BCUT2D eigenvalue weighted by Gasteiger charge is -2.11. The minimum atomic E-state index is -0.960. The molecule has 0 saturated heterocycles. The molecule has 0 amide bonds. The van der Waals surface area contributed by atoms with Crippen LogP contribution in [0.15, 0.2) is 61.1 Å². The Bertz CT molecular complexity index is 1140. The largest absolute Gasteiger partial charge is 0.481 e. The average molecular weight is 376 g/mol. The van der Waals surface area contributed by atoms with Crippen molar-refractivity contribution in [1.29, 1.82) is 0 Å². The number of aromatic nitrogens is 3. The van der Waals surface area contributed by atoms with Gasteiger partial charge < -0.3 is 15.4 Å². The van der Waals surface area contributed by atoms with Crippen LogP contribution < -0.4 is 5.32 Å². The summed E-state index contributed by atoms with van der Waals surface area (Å²) in [5.41, 5.74) is 3.13. The number of nitrogens with zero attached hydrogens (tertiary/aromatic N) is 2. The zero-order valence-electron chi connectivity index (χ0n) is 14.8. The van der Waals surface area contributed by atoms with E-state index in [1.54, 1.807) is 30.7 Å². The lowest BCUT2D eigenvalue weighted by Crippen LogP contribution is -2.03. The smallest absolute Gasteiger partial charge is 0.307 e. The first-order valence-corrected chi connectivity index (χ1v) is 8.71. The molecule has 28 heavy (non-hydrogen) atoms. The number of fused-ring (bicyclic) bond motifs is 1. The molecule has 140 valence electrons. The predicted molar refractivity (Wildman–Crippen MR) is 104 cm³/mol. The van der Waals surface area contributed by atoms with E-state index in [0.29, 0.717) is 34.7 Å². The van der Waals surface area contributed by atoms with E-state index in [0.717, 1.165) is 10.9 Å². The number of halogens is 1. The van der Waals surface area contributed by atoms with Crippen LogP contribution in [0.3, 0.4) is 0 Å². The molecular formula is C21H17FN4O2. The average Bonchev–Trinajstić information content (AvgIpc) is 3.16. The molecule has 6 nitrogen and oxygen atoms in total. The fourth-order valence-electron chi connectivity index (χ4n) is 3.11. The first kappa shape index (κ1) is 17.7. The number of rotatable bonds is 6. The number of aromatic amines is 1. The molecule has 0 spiro atoms. The molecule has 0 radical (unpaired) electrons. The molecule has 3 aromatic heterocycles. The third-order valence-electron chi connectivity index (χ3n) is 4.40. The van der Waals surface area contributed by atoms with Gasteiger partial charge in [-0.3, -0.25) is 9.78 Å². The minimum Gasteiger partial charge on any atom is -0.481 e. The van der Waals surface area contributed by atoms with Crippen molar-refractivity contribution in [3.05, 3.63) is 78.0 Å². The van der Waals surface area contributed by atoms with Gasteiger partial charge in [-0.2, -0.15) is 0 Å². The van der Waals surface area contributed by atoms with Gasteiger partial charge in [0.1, 0.15) is 17.3 Å². The van der Waals surface area contributed by atoms with Crippen LogP contribution in [-0.2, 0) is 17.8 Å². The molecule has 3 N–H and O–H groups in total. The van der Waals surface area contributed by atoms with Gasteiger partial charge in [-0.25, -0.2) is 9.37 Å². The lowest BCUT2D eigenvalue weighted by molar-refractivity contribution is -0.136. The molecule has 3 heterocycles. The maximum Gasteiger partial charge on any atom is 0.307 e. The molecule has 0 bridgehead atoms. The number of aliphatic carboxylic acids is 1. The van der Waals surface area contributed by atoms with Gasteiger partial charge >= 0.3 is 5.97 Å². The summed E-state index contributed by atoms with van der Waals surface area (Å²) in [6.07, 6.45) is 5.04. The monoisotopic (exact) mass is 376 g/mol. The number of pyridine rings is 2. The molecule has 4 aromatic rings. The fourth-order valence-corrected chi connectivity index (χ4v) is 3.11. The summed E-state index contributed by atoms with van der Waals surface area (Å²) in [7, 11) is 0. The molecule has 0 unspecified atom stereocenters. The van der Waals surface area contributed by atoms with Crippen molar-refractivity contribution >= 4 is 22.8 Å². The van der Waals surface area contributed by atoms with E-state index in [-0.39, 0.29) is 6.42 Å². The summed E-state index contributed by atoms with van der Waals surface area (Å²) in [5, 5.41) is 13.0. The Morgan fingerprint density at radius 1 is 1.14 bits per heavy atom. The van der Waals surface area contributed by atoms with Gasteiger partial charge in [-0.05, 0) is 47.0 Å². The van der Waals surface area contributed by atoms with Crippen LogP contribution >= 0.6 is 0 Å². The number of nitrogens with one attached hydrogen (secondary N) is 2. The Morgan fingerprint density at radius 2 is 2.04 bits per heavy atom. The van der Waals surface area contributed by atoms with Gasteiger partial charge in [-0.1, -0.05) is 12.1 Å². The van der Waals surface area contributed by atoms with Crippen LogP contribution in [0.5, 0.6) is 0 Å². The molecule has 4 rings (SSSR count). The number of carboxylic acid groups (broad SMARTS) is 1. The van der Waals surface area contributed by atoms with Crippen LogP contribution in [0.2, 0.25) is 0 Å². The SMILES string of the molecule is O=C(O)Cc1ccc(F)c(-c2cc(NCc3cccnc3)nc3[nH]ccc23)c1. The summed E-state index contributed by atoms with van der Waals surface area (Å²) in [6.45, 7) is 0.522. The lowest BCUT2D eigenvalue weighted by atomic mass is 9.99. The van der Waals surface area contributed by atoms with Gasteiger partial charge in [0.2, 0.25) is 0 Å². The van der Waals surface area contributed by atoms with Crippen LogP contribution in [0.1, 0.15) is 11.1 Å². The van der Waals surface area contributed by atoms with Gasteiger partial charge in [0.15, 0.2) is 0 Å². The normalized spacial score (nSPS) is 10.9. The molecule has 0 aliphatic rings. The third kappa shape index (κ3) is 3.68. The highest BCUT2D eigenvalue weighted by atomic mass is 19.1. The summed E-state index contributed by atoms with van der Waals surface area (Å²) in [6, 6.07) is 11.8. The van der Waals surface area contributed by atoms with Crippen LogP contribution in [-0.4, -0.2) is 26.0 Å². The standard InChI is InChI=1S/C21H17FN4O2/c22-18-4-3-13(9-20(27)28)8-17(18)16-10-19(26-21-15(16)5-7-24-21)25-12-14-2-1-6-23-11-14/h1-8,10-11H,9,12H2,(H,27,28)(H2,24,25,26). The Morgan fingerprint density at radius 3 is 2.82 bits per heavy atom. The first-order chi connectivity index (χ1) is 13.6. The first-order valence-electron chi connectivity index (χ1n) is 8.71. The number of anilines is 1. The Labute approximate surface area is 160 Å². The number of carboxylic acids is 1. The zero-order valence-corrected chi connectivity index (χ0v) is 14.8. The summed E-state index contributed by atoms with van der Waals surface area (Å²) in [5.74, 6) is -0.796. The van der Waals surface area contributed by atoms with Crippen LogP contribution in [0.4, 0.5) is 10.2 Å². The second kappa shape index (κ2) is 7.48. The Hall–Kier alpha value is -3.74. The highest BCUT2D eigenvalue weighted by molar-refractivity contribution is 5.95. The van der Waals surface area contributed by atoms with Gasteiger partial charge in [-0.15, -0.1) is 0 Å². The van der Waals surface area contributed by atoms with E-state index in [1.807, 2.05) is 18.2 Å². The van der Waals surface area contributed by atoms with Crippen LogP contribution in [0.25, 0.3) is 22.2 Å². The maximum atomic E-state index is 14.6. The summed E-state index contributed by atoms with van der Waals surface area (Å²) in [4.78, 5) is 22.7. The molecule has 7 heteroatoms. The zero-order chi connectivity index (χ0) is 19.5. The van der Waals surface area contributed by atoms with E-state index < -0.39 is 11.8 Å². The predicted octanol–water partition coefficient (Wildman–Crippen LogP) is 4.00. The van der Waals surface area contributed by atoms with Gasteiger partial charge in [0.25, 0.3) is 0 Å². The van der Waals surface area contributed by atoms with Crippen molar-refractivity contribution in [3.63, 3.8) is 0 Å². The molecule has 0 aliphatic carbocycles. The second-order valence-corrected chi connectivity index (χ2v) is 6.39. The fraction of sp³-hybridized carbons (Fsp3) is 0.0952. The van der Waals surface area contributed by atoms with Gasteiger partial charge in [0, 0.05) is 36.1 Å². The number of H-pyrrole nitrogens is 1. The molecule has 1 aromatic carbocycles. The van der Waals surface area contributed by atoms with E-state index in [4.69, 9.17) is 5.11 Å². The second-order valence-electron chi connectivity index (χ2n) is 6.39. The van der Waals surface area contributed by atoms with Crippen molar-refractivity contribution in [2.75, 3.05) is 5.32 Å². The van der Waals surface area contributed by atoms with Crippen molar-refractivity contribution in [2.24, 2.45) is 0 Å². The summed E-state index contributed by atoms with van der Waals surface area (Å²) >= 11 is 0. The maximum absolute atomic E-state index is 14.6. The summed E-state index contributed by atoms with van der Waals surface area (Å²) < 4.78 is 14.6. The molecule has 0 fully saturated rings. The molecule has 0 atom stereocenters. The van der Waals surface area contributed by atoms with Crippen molar-refractivity contribution in [1.82, 2.24) is 15.0 Å². The minimum absolute atomic E-state index is 0.166. The van der Waals surface area contributed by atoms with Crippen LogP contribution in [0, 0.1) is 5.82 Å². The number of carbonyl (C=O) groups is 1. The third-order valence-corrected chi connectivity index (χ3v) is 4.40. The van der Waals surface area contributed by atoms with E-state index >= 15 is 0 Å². The molecule has 0 saturated carbocycles. The Balaban J connectivity index is 1.74. The van der Waals surface area contributed by atoms with E-state index in [9.17, 15) is 9.18 Å². The van der Waals surface area contributed by atoms with Crippen molar-refractivity contribution in [3.8, 4) is 11.1 Å². The highest BCUT2D eigenvalue weighted by Gasteiger charge is 2.14. The number of benzene rings is 1. The van der Waals surface area contributed by atoms with Crippen molar-refractivity contribution in [2.45, 2.75) is 13.0 Å². The van der Waals surface area contributed by atoms with E-state index in [2.05, 4.69) is 20.3 Å². The topological polar surface area (TPSA) is 90.9 Å². The quantitative estimate of drug-likeness (QED) is 0.473. The molecular weight excluding hydrogens is 359 g/mol. The Kier molecular flexibility index (Phi) is 4.72.